The number of halogens is 1. The van der Waals surface area contributed by atoms with Crippen LogP contribution in [0, 0.1) is 12.1 Å². The van der Waals surface area contributed by atoms with Crippen LogP contribution in [0.5, 0.6) is 0 Å². The van der Waals surface area contributed by atoms with Gasteiger partial charge < -0.3 is 8.97 Å². The molecule has 5 heterocycles. The van der Waals surface area contributed by atoms with E-state index in [4.69, 9.17) is 4.98 Å². The van der Waals surface area contributed by atoms with E-state index in [1.54, 1.807) is 6.20 Å². The molecular formula is C51H31FN4PtSSi. The molecule has 0 N–H and O–H groups in total. The van der Waals surface area contributed by atoms with E-state index in [0.29, 0.717) is 11.1 Å². The summed E-state index contributed by atoms with van der Waals surface area (Å²) in [7, 11) is -2.99. The minimum Gasteiger partial charge on any atom is -0.340 e. The number of pyridine rings is 2. The van der Waals surface area contributed by atoms with Crippen LogP contribution in [0.2, 0.25) is 0 Å². The third-order valence-electron chi connectivity index (χ3n) is 11.8. The Labute approximate surface area is 359 Å². The van der Waals surface area contributed by atoms with E-state index in [-0.39, 0.29) is 21.1 Å². The number of benzene rings is 7. The molecule has 4 nitrogen and oxygen atoms in total. The SMILES string of the molecule is FC(c1[c-]c(-n2c3ncccc3c3ccc4c(c32)[Si](c2ccccc2)(c2ccccc2)c2ccccc2S4)ccc1)c1[c-]c2c(cc1)c1ccccc1n1ccnc21.[Pt+2]. The molecule has 7 aromatic carbocycles. The second-order valence-electron chi connectivity index (χ2n) is 14.8. The topological polar surface area (TPSA) is 35.1 Å². The second kappa shape index (κ2) is 14.0. The number of imidazole rings is 1. The van der Waals surface area contributed by atoms with E-state index in [1.807, 2.05) is 72.7 Å². The third kappa shape index (κ3) is 5.25. The van der Waals surface area contributed by atoms with Crippen molar-refractivity contribution in [3.8, 4) is 5.69 Å². The van der Waals surface area contributed by atoms with Crippen molar-refractivity contribution in [3.05, 3.63) is 206 Å². The zero-order chi connectivity index (χ0) is 38.4. The molecule has 0 saturated carbocycles. The predicted molar refractivity (Wildman–Crippen MR) is 237 cm³/mol. The molecule has 0 fully saturated rings. The molecular weight excluding hydrogens is 943 g/mol. The van der Waals surface area contributed by atoms with Crippen LogP contribution in [0.3, 0.4) is 0 Å². The molecule has 1 aliphatic heterocycles. The van der Waals surface area contributed by atoms with Gasteiger partial charge in [-0.05, 0) is 56.5 Å². The molecule has 1 unspecified atom stereocenters. The molecule has 12 rings (SSSR count). The van der Waals surface area contributed by atoms with Gasteiger partial charge in [-0.3, -0.25) is 4.98 Å². The minimum absolute atomic E-state index is 0. The molecule has 0 amide bonds. The minimum atomic E-state index is -2.99. The van der Waals surface area contributed by atoms with E-state index >= 15 is 4.39 Å². The standard InChI is InChI=1S/C51H31FN4SSi.Pt/c52-47(34-24-25-38-39-19-7-8-21-43(39)55-30-29-54-50(55)42(38)32-34)33-13-11-14-35(31-33)56-48-40(41-20-12-28-53-51(41)56)26-27-45-49(48)58(36-15-3-1-4-16-36,37-17-5-2-6-18-37)46-23-10-9-22-44(46)57-45;/h1-30,47H;/q-2;+2. The van der Waals surface area contributed by atoms with E-state index in [1.165, 1.54) is 30.5 Å². The molecule has 59 heavy (non-hydrogen) atoms. The second-order valence-corrected chi connectivity index (χ2v) is 19.6. The van der Waals surface area contributed by atoms with Crippen molar-refractivity contribution < 1.29 is 25.5 Å². The van der Waals surface area contributed by atoms with Crippen LogP contribution < -0.4 is 20.7 Å². The Balaban J connectivity index is 0.00000397. The fraction of sp³-hybridized carbons (Fsp3) is 0.0196. The van der Waals surface area contributed by atoms with Gasteiger partial charge in [-0.15, -0.1) is 29.8 Å². The van der Waals surface area contributed by atoms with Crippen LogP contribution in [-0.4, -0.2) is 27.0 Å². The Morgan fingerprint density at radius 3 is 2.08 bits per heavy atom. The maximum atomic E-state index is 17.2. The zero-order valence-electron chi connectivity index (χ0n) is 31.3. The molecule has 1 aliphatic rings. The van der Waals surface area contributed by atoms with Crippen LogP contribution in [0.25, 0.3) is 54.9 Å². The first kappa shape index (κ1) is 36.0. The first-order valence-corrected chi connectivity index (χ1v) is 22.2. The van der Waals surface area contributed by atoms with Gasteiger partial charge in [0.1, 0.15) is 11.8 Å². The number of fused-ring (bicyclic) bond motifs is 12. The first-order valence-electron chi connectivity index (χ1n) is 19.4. The number of aromatic nitrogens is 4. The van der Waals surface area contributed by atoms with Crippen molar-refractivity contribution in [3.63, 3.8) is 0 Å². The molecule has 1 atom stereocenters. The number of nitrogens with zero attached hydrogens (tertiary/aromatic N) is 4. The van der Waals surface area contributed by atoms with E-state index < -0.39 is 14.2 Å². The number of para-hydroxylation sites is 1. The Morgan fingerprint density at radius 1 is 0.559 bits per heavy atom. The molecule has 0 radical (unpaired) electrons. The Kier molecular flexibility index (Phi) is 8.56. The van der Waals surface area contributed by atoms with Crippen LogP contribution in [0.1, 0.15) is 17.3 Å². The summed E-state index contributed by atoms with van der Waals surface area (Å²) in [5.41, 5.74) is 5.31. The Morgan fingerprint density at radius 2 is 1.25 bits per heavy atom. The van der Waals surface area contributed by atoms with Gasteiger partial charge in [0, 0.05) is 44.7 Å². The average molecular weight is 974 g/mol. The van der Waals surface area contributed by atoms with Crippen LogP contribution >= 0.6 is 11.8 Å². The van der Waals surface area contributed by atoms with Gasteiger partial charge in [0.05, 0.1) is 11.2 Å². The summed E-state index contributed by atoms with van der Waals surface area (Å²) in [4.78, 5) is 12.2. The van der Waals surface area contributed by atoms with Gasteiger partial charge >= 0.3 is 21.1 Å². The quantitative estimate of drug-likeness (QED) is 0.0980. The van der Waals surface area contributed by atoms with Crippen molar-refractivity contribution in [1.82, 2.24) is 18.9 Å². The van der Waals surface area contributed by atoms with Crippen molar-refractivity contribution >= 4 is 89.8 Å². The average Bonchev–Trinajstić information content (AvgIpc) is 3.93. The van der Waals surface area contributed by atoms with Crippen LogP contribution in [0.4, 0.5) is 4.39 Å². The van der Waals surface area contributed by atoms with Gasteiger partial charge in [0.15, 0.2) is 8.07 Å². The molecule has 0 spiro atoms. The molecule has 11 aromatic rings. The van der Waals surface area contributed by atoms with Gasteiger partial charge in [-0.2, -0.15) is 18.2 Å². The number of rotatable bonds is 5. The van der Waals surface area contributed by atoms with Gasteiger partial charge in [-0.25, -0.2) is 9.37 Å². The number of hydrogen-bond acceptors (Lipinski definition) is 3. The molecule has 282 valence electrons. The molecule has 0 bridgehead atoms. The van der Waals surface area contributed by atoms with E-state index in [0.717, 1.165) is 54.9 Å². The zero-order valence-corrected chi connectivity index (χ0v) is 35.4. The van der Waals surface area contributed by atoms with Gasteiger partial charge in [0.25, 0.3) is 0 Å². The summed E-state index contributed by atoms with van der Waals surface area (Å²) >= 11 is 1.83. The fourth-order valence-electron chi connectivity index (χ4n) is 9.43. The number of alkyl halides is 1. The van der Waals surface area contributed by atoms with E-state index in [2.05, 4.69) is 141 Å². The molecule has 8 heteroatoms. The maximum Gasteiger partial charge on any atom is 2.00 e. The van der Waals surface area contributed by atoms with E-state index in [9.17, 15) is 0 Å². The molecule has 4 aromatic heterocycles. The Bertz CT molecular complexity index is 3380. The normalized spacial score (nSPS) is 13.7. The number of hydrogen-bond donors (Lipinski definition) is 0. The first-order chi connectivity index (χ1) is 28.7. The third-order valence-corrected chi connectivity index (χ3v) is 18.2. The summed E-state index contributed by atoms with van der Waals surface area (Å²) in [5, 5.41) is 10.3. The monoisotopic (exact) mass is 973 g/mol. The van der Waals surface area contributed by atoms with Crippen LogP contribution in [-0.2, 0) is 21.1 Å². The van der Waals surface area contributed by atoms with Crippen LogP contribution in [0.15, 0.2) is 192 Å². The largest absolute Gasteiger partial charge is 2.00 e. The fourth-order valence-corrected chi connectivity index (χ4v) is 16.6. The van der Waals surface area contributed by atoms with Gasteiger partial charge in [0.2, 0.25) is 0 Å². The van der Waals surface area contributed by atoms with Crippen molar-refractivity contribution in [2.45, 2.75) is 16.0 Å². The summed E-state index contributed by atoms with van der Waals surface area (Å²) in [6.07, 6.45) is 4.10. The maximum absolute atomic E-state index is 17.2. The molecule has 0 aliphatic carbocycles. The summed E-state index contributed by atoms with van der Waals surface area (Å²) in [6.45, 7) is 0. The molecule has 0 saturated heterocycles. The summed E-state index contributed by atoms with van der Waals surface area (Å²) in [6, 6.07) is 64.6. The van der Waals surface area contributed by atoms with Crippen molar-refractivity contribution in [2.75, 3.05) is 0 Å². The predicted octanol–water partition coefficient (Wildman–Crippen LogP) is 9.63. The summed E-state index contributed by atoms with van der Waals surface area (Å²) < 4.78 is 21.5. The summed E-state index contributed by atoms with van der Waals surface area (Å²) in [5.74, 6) is 0. The Hall–Kier alpha value is -6.11. The van der Waals surface area contributed by atoms with Crippen molar-refractivity contribution in [1.29, 1.82) is 0 Å². The smallest absolute Gasteiger partial charge is 0.340 e. The van der Waals surface area contributed by atoms with Crippen molar-refractivity contribution in [2.24, 2.45) is 0 Å². The van der Waals surface area contributed by atoms with Gasteiger partial charge in [-0.1, -0.05) is 137 Å².